The lowest BCUT2D eigenvalue weighted by Crippen LogP contribution is -2.64. The molecule has 8 atom stereocenters. The maximum Gasteiger partial charge on any atom is 0.318 e. The average molecular weight is 502 g/mol. The van der Waals surface area contributed by atoms with Gasteiger partial charge < -0.3 is 4.74 Å². The summed E-state index contributed by atoms with van der Waals surface area (Å²) in [5.41, 5.74) is 0.637. The molecule has 2 bridgehead atoms. The monoisotopic (exact) mass is 501 g/mol. The van der Waals surface area contributed by atoms with Crippen molar-refractivity contribution in [1.82, 2.24) is 0 Å². The Balaban J connectivity index is 1.40. The molecule has 0 aromatic rings. The second kappa shape index (κ2) is 7.71. The summed E-state index contributed by atoms with van der Waals surface area (Å²) in [4.78, 5) is 44.2. The zero-order valence-corrected chi connectivity index (χ0v) is 22.2. The van der Waals surface area contributed by atoms with Gasteiger partial charge in [-0.25, -0.2) is 0 Å². The molecule has 7 rings (SSSR count). The van der Waals surface area contributed by atoms with E-state index in [-0.39, 0.29) is 51.1 Å². The molecule has 1 saturated heterocycles. The van der Waals surface area contributed by atoms with Crippen molar-refractivity contribution in [3.63, 3.8) is 0 Å². The number of aliphatic imine (C=N–C) groups is 1. The van der Waals surface area contributed by atoms with Crippen molar-refractivity contribution >= 4 is 45.0 Å². The van der Waals surface area contributed by atoms with E-state index in [1.807, 2.05) is 0 Å². The van der Waals surface area contributed by atoms with Crippen LogP contribution < -0.4 is 0 Å². The second-order valence-corrected chi connectivity index (χ2v) is 14.6. The van der Waals surface area contributed by atoms with E-state index in [0.29, 0.717) is 17.8 Å². The van der Waals surface area contributed by atoms with Gasteiger partial charge in [0.1, 0.15) is 4.38 Å². The summed E-state index contributed by atoms with van der Waals surface area (Å²) in [7, 11) is 0. The predicted molar refractivity (Wildman–Crippen MR) is 135 cm³/mol. The molecule has 184 valence electrons. The molecular formula is C27H35NO4S2. The van der Waals surface area contributed by atoms with Crippen LogP contribution in [-0.4, -0.2) is 33.7 Å². The topological polar surface area (TPSA) is 72.8 Å². The number of carbonyl (C=O) groups is 3. The molecule has 4 fully saturated rings. The fraction of sp³-hybridized carbons (Fsp3) is 0.778. The molecule has 0 N–H and O–H groups in total. The Morgan fingerprint density at radius 1 is 1.18 bits per heavy atom. The molecule has 6 unspecified atom stereocenters. The molecule has 0 radical (unpaired) electrons. The second-order valence-electron chi connectivity index (χ2n) is 12.3. The van der Waals surface area contributed by atoms with E-state index < -0.39 is 0 Å². The lowest BCUT2D eigenvalue weighted by atomic mass is 9.35. The van der Waals surface area contributed by atoms with Crippen LogP contribution in [0.5, 0.6) is 0 Å². The third-order valence-corrected chi connectivity index (χ3v) is 12.9. The Kier molecular flexibility index (Phi) is 5.29. The van der Waals surface area contributed by atoms with Gasteiger partial charge in [0.25, 0.3) is 0 Å². The summed E-state index contributed by atoms with van der Waals surface area (Å²) in [6.45, 7) is 9.84. The number of ether oxygens (including phenoxy) is 1. The molecule has 7 aliphatic rings. The van der Waals surface area contributed by atoms with E-state index in [1.54, 1.807) is 11.8 Å². The summed E-state index contributed by atoms with van der Waals surface area (Å²) < 4.78 is 6.23. The van der Waals surface area contributed by atoms with Crippen LogP contribution in [0.25, 0.3) is 0 Å². The van der Waals surface area contributed by atoms with Crippen molar-refractivity contribution in [1.29, 1.82) is 0 Å². The molecule has 3 saturated carbocycles. The minimum Gasteiger partial charge on any atom is -0.393 e. The molecular weight excluding hydrogens is 466 g/mol. The van der Waals surface area contributed by atoms with Gasteiger partial charge in [-0.05, 0) is 73.0 Å². The number of allylic oxidation sites excluding steroid dienone is 2. The highest BCUT2D eigenvalue weighted by Crippen LogP contribution is 2.74. The molecule has 1 spiro atoms. The van der Waals surface area contributed by atoms with Gasteiger partial charge >= 0.3 is 11.9 Å². The predicted octanol–water partition coefficient (Wildman–Crippen LogP) is 5.49. The van der Waals surface area contributed by atoms with Crippen LogP contribution in [0.15, 0.2) is 16.6 Å². The van der Waals surface area contributed by atoms with Crippen LogP contribution in [0.1, 0.15) is 66.2 Å². The SMILES string of the molecule is CC(C)C1=CC23CCC4[C@](C)(CCC[C@@]4(C)C(=O)SC4=NCCS4)C2CC1C1C(=O)OC(=O)C13. The zero-order chi connectivity index (χ0) is 24.0. The van der Waals surface area contributed by atoms with E-state index in [9.17, 15) is 14.4 Å². The van der Waals surface area contributed by atoms with E-state index >= 15 is 0 Å². The lowest BCUT2D eigenvalue weighted by molar-refractivity contribution is -0.183. The van der Waals surface area contributed by atoms with Gasteiger partial charge in [-0.15, -0.1) is 0 Å². The van der Waals surface area contributed by atoms with Crippen molar-refractivity contribution in [3.05, 3.63) is 11.6 Å². The minimum atomic E-state index is -0.377. The van der Waals surface area contributed by atoms with Crippen molar-refractivity contribution in [2.24, 2.45) is 56.7 Å². The third kappa shape index (κ3) is 2.95. The van der Waals surface area contributed by atoms with Crippen molar-refractivity contribution in [2.45, 2.75) is 66.2 Å². The molecule has 34 heavy (non-hydrogen) atoms. The van der Waals surface area contributed by atoms with Gasteiger partial charge in [-0.3, -0.25) is 19.4 Å². The first-order valence-corrected chi connectivity index (χ1v) is 14.8. The Labute approximate surface area is 210 Å². The number of cyclic esters (lactones) is 2. The zero-order valence-electron chi connectivity index (χ0n) is 20.6. The Morgan fingerprint density at radius 3 is 2.68 bits per heavy atom. The number of rotatable bonds is 2. The highest BCUT2D eigenvalue weighted by molar-refractivity contribution is 8.45. The smallest absolute Gasteiger partial charge is 0.318 e. The van der Waals surface area contributed by atoms with Crippen LogP contribution in [-0.2, 0) is 19.1 Å². The molecule has 2 heterocycles. The number of thioether (sulfide) groups is 2. The third-order valence-electron chi connectivity index (χ3n) is 10.6. The van der Waals surface area contributed by atoms with E-state index in [2.05, 4.69) is 38.8 Å². The first-order chi connectivity index (χ1) is 16.1. The van der Waals surface area contributed by atoms with Gasteiger partial charge in [0, 0.05) is 16.6 Å². The van der Waals surface area contributed by atoms with Crippen LogP contribution in [0, 0.1) is 51.8 Å². The van der Waals surface area contributed by atoms with Crippen LogP contribution in [0.4, 0.5) is 0 Å². The summed E-state index contributed by atoms with van der Waals surface area (Å²) in [6, 6.07) is 0. The lowest BCUT2D eigenvalue weighted by Gasteiger charge is -2.68. The fourth-order valence-corrected chi connectivity index (χ4v) is 11.4. The number of esters is 2. The Hall–Kier alpha value is -1.08. The van der Waals surface area contributed by atoms with Gasteiger partial charge in [-0.1, -0.05) is 57.5 Å². The molecule has 7 heteroatoms. The molecule has 2 aliphatic heterocycles. The highest BCUT2D eigenvalue weighted by Gasteiger charge is 2.73. The van der Waals surface area contributed by atoms with Gasteiger partial charge in [0.05, 0.1) is 18.4 Å². The van der Waals surface area contributed by atoms with E-state index in [0.717, 1.165) is 55.2 Å². The highest BCUT2D eigenvalue weighted by atomic mass is 32.2. The average Bonchev–Trinajstić information content (AvgIpc) is 3.41. The summed E-state index contributed by atoms with van der Waals surface area (Å²) in [5, 5.41) is 0.278. The number of fused-ring (bicyclic) bond motifs is 1. The molecule has 0 amide bonds. The molecule has 5 nitrogen and oxygen atoms in total. The Bertz CT molecular complexity index is 1040. The largest absolute Gasteiger partial charge is 0.393 e. The van der Waals surface area contributed by atoms with E-state index in [1.165, 1.54) is 17.3 Å². The standard InChI is InChI=1S/C27H35NO4S2/c1-14(2)16-13-27-9-6-17-25(3,18(27)12-15(16)19-20(27)22(30)32-21(19)29)7-5-8-26(17,4)23(31)34-24-28-10-11-33-24/h13-15,17-20H,5-12H2,1-4H3/t15?,17?,18?,19?,20?,25-,26+,27?/m0/s1. The van der Waals surface area contributed by atoms with Crippen LogP contribution in [0.2, 0.25) is 0 Å². The van der Waals surface area contributed by atoms with Crippen LogP contribution in [0.3, 0.4) is 0 Å². The first kappa shape index (κ1) is 23.3. The fourth-order valence-electron chi connectivity index (χ4n) is 9.32. The molecule has 0 aromatic carbocycles. The van der Waals surface area contributed by atoms with Gasteiger partial charge in [0.15, 0.2) is 0 Å². The minimum absolute atomic E-state index is 0.0275. The summed E-state index contributed by atoms with van der Waals surface area (Å²) >= 11 is 3.08. The van der Waals surface area contributed by atoms with Crippen molar-refractivity contribution in [2.75, 3.05) is 12.3 Å². The summed E-state index contributed by atoms with van der Waals surface area (Å²) in [6.07, 6.45) is 8.22. The van der Waals surface area contributed by atoms with Gasteiger partial charge in [-0.2, -0.15) is 0 Å². The maximum absolute atomic E-state index is 13.7. The first-order valence-electron chi connectivity index (χ1n) is 13.0. The normalized spacial score (nSPS) is 47.0. The Morgan fingerprint density at radius 2 is 1.97 bits per heavy atom. The van der Waals surface area contributed by atoms with Crippen molar-refractivity contribution < 1.29 is 19.1 Å². The number of hydrogen-bond acceptors (Lipinski definition) is 7. The summed E-state index contributed by atoms with van der Waals surface area (Å²) in [5.74, 6) is 0.771. The molecule has 0 aromatic heterocycles. The van der Waals surface area contributed by atoms with Crippen molar-refractivity contribution in [3.8, 4) is 0 Å². The number of hydrogen-bond donors (Lipinski definition) is 0. The number of nitrogens with zero attached hydrogens (tertiary/aromatic N) is 1. The molecule has 5 aliphatic carbocycles. The van der Waals surface area contributed by atoms with Crippen LogP contribution >= 0.6 is 23.5 Å². The number of carbonyl (C=O) groups excluding carboxylic acids is 3. The maximum atomic E-state index is 13.7. The quantitative estimate of drug-likeness (QED) is 0.283. The van der Waals surface area contributed by atoms with E-state index in [4.69, 9.17) is 4.74 Å². The van der Waals surface area contributed by atoms with Gasteiger partial charge in [0.2, 0.25) is 5.12 Å².